The van der Waals surface area contributed by atoms with Gasteiger partial charge in [0.25, 0.3) is 0 Å². The number of benzene rings is 1. The maximum absolute atomic E-state index is 11.8. The minimum atomic E-state index is -0.560. The van der Waals surface area contributed by atoms with Gasteiger partial charge < -0.3 is 18.9 Å². The maximum Gasteiger partial charge on any atom is 0.309 e. The molecule has 1 aromatic rings. The summed E-state index contributed by atoms with van der Waals surface area (Å²) in [4.78, 5) is 23.6. The molecule has 0 aliphatic heterocycles. The number of rotatable bonds is 8. The van der Waals surface area contributed by atoms with Gasteiger partial charge in [-0.3, -0.25) is 9.59 Å². The first-order valence-corrected chi connectivity index (χ1v) is 9.65. The number of hydrogen-bond acceptors (Lipinski definition) is 6. The lowest BCUT2D eigenvalue weighted by molar-refractivity contribution is -0.156. The largest absolute Gasteiger partial charge is 0.492 e. The molecule has 162 valence electrons. The van der Waals surface area contributed by atoms with Gasteiger partial charge in [-0.25, -0.2) is 0 Å². The Kier molecular flexibility index (Phi) is 8.80. The lowest BCUT2D eigenvalue weighted by Crippen LogP contribution is -2.25. The molecule has 0 aromatic heterocycles. The Morgan fingerprint density at radius 3 is 1.37 bits per heavy atom. The molecule has 0 heterocycles. The van der Waals surface area contributed by atoms with Gasteiger partial charge in [0, 0.05) is 12.1 Å². The molecule has 0 aliphatic carbocycles. The molecule has 0 atom stereocenters. The van der Waals surface area contributed by atoms with Crippen LogP contribution in [0.25, 0.3) is 0 Å². The van der Waals surface area contributed by atoms with Gasteiger partial charge in [0.2, 0.25) is 0 Å². The lowest BCUT2D eigenvalue weighted by Gasteiger charge is -2.20. The summed E-state index contributed by atoms with van der Waals surface area (Å²) in [5, 5.41) is 0. The number of carbonyl (C=O) groups excluding carboxylic acids is 2. The third-order valence-corrected chi connectivity index (χ3v) is 3.36. The molecule has 0 aliphatic rings. The molecule has 0 bridgehead atoms. The van der Waals surface area contributed by atoms with Crippen molar-refractivity contribution in [2.45, 2.75) is 65.6 Å². The van der Waals surface area contributed by atoms with Crippen LogP contribution in [0.5, 0.6) is 11.5 Å². The van der Waals surface area contributed by atoms with Crippen molar-refractivity contribution in [3.63, 3.8) is 0 Å². The van der Waals surface area contributed by atoms with E-state index in [-0.39, 0.29) is 38.0 Å². The fourth-order valence-electron chi connectivity index (χ4n) is 2.30. The van der Waals surface area contributed by atoms with Gasteiger partial charge in [-0.2, -0.15) is 0 Å². The summed E-state index contributed by atoms with van der Waals surface area (Å²) in [5.74, 6) is 5.02. The fourth-order valence-corrected chi connectivity index (χ4v) is 2.30. The number of terminal acetylenes is 2. The molecule has 0 amide bonds. The molecular weight excluding hydrogens is 384 g/mol. The Balaban J connectivity index is 2.76. The van der Waals surface area contributed by atoms with E-state index in [1.807, 2.05) is 0 Å². The van der Waals surface area contributed by atoms with Crippen LogP contribution in [0, 0.1) is 24.7 Å². The second kappa shape index (κ2) is 10.6. The number of ether oxygens (including phenoxy) is 4. The maximum atomic E-state index is 11.8. The summed E-state index contributed by atoms with van der Waals surface area (Å²) in [6, 6.07) is 3.15. The Labute approximate surface area is 179 Å². The molecule has 0 saturated carbocycles. The summed E-state index contributed by atoms with van der Waals surface area (Å²) >= 11 is 0. The first-order valence-electron chi connectivity index (χ1n) is 9.65. The summed E-state index contributed by atoms with van der Waals surface area (Å²) in [6.45, 7) is 10.9. The zero-order chi connectivity index (χ0) is 22.9. The Bertz CT molecular complexity index is 769. The molecular formula is C24H30O6. The van der Waals surface area contributed by atoms with Crippen molar-refractivity contribution in [1.29, 1.82) is 0 Å². The van der Waals surface area contributed by atoms with Gasteiger partial charge in [0.05, 0.1) is 37.2 Å². The third-order valence-electron chi connectivity index (χ3n) is 3.36. The molecule has 1 rings (SSSR count). The minimum absolute atomic E-state index is 0.0702. The Morgan fingerprint density at radius 1 is 0.767 bits per heavy atom. The van der Waals surface area contributed by atoms with Crippen LogP contribution in [0.1, 0.15) is 65.5 Å². The zero-order valence-corrected chi connectivity index (χ0v) is 18.6. The highest BCUT2D eigenvalue weighted by Gasteiger charge is 2.18. The quantitative estimate of drug-likeness (QED) is 0.475. The monoisotopic (exact) mass is 414 g/mol. The van der Waals surface area contributed by atoms with Gasteiger partial charge in [-0.05, 0) is 41.5 Å². The average molecular weight is 414 g/mol. The first kappa shape index (κ1) is 24.9. The Hall–Kier alpha value is -3.12. The normalized spacial score (nSPS) is 11.1. The van der Waals surface area contributed by atoms with E-state index in [1.165, 1.54) is 0 Å². The third kappa shape index (κ3) is 9.39. The van der Waals surface area contributed by atoms with Crippen LogP contribution in [-0.4, -0.2) is 36.4 Å². The van der Waals surface area contributed by atoms with Crippen LogP contribution in [0.3, 0.4) is 0 Å². The van der Waals surface area contributed by atoms with Gasteiger partial charge >= 0.3 is 11.9 Å². The number of carbonyl (C=O) groups is 2. The average Bonchev–Trinajstić information content (AvgIpc) is 2.59. The number of esters is 2. The van der Waals surface area contributed by atoms with Crippen LogP contribution in [0.4, 0.5) is 0 Å². The molecule has 1 aromatic carbocycles. The van der Waals surface area contributed by atoms with Gasteiger partial charge in [0.1, 0.15) is 22.7 Å². The smallest absolute Gasteiger partial charge is 0.309 e. The topological polar surface area (TPSA) is 71.1 Å². The molecule has 30 heavy (non-hydrogen) atoms. The van der Waals surface area contributed by atoms with Gasteiger partial charge in [-0.15, -0.1) is 12.8 Å². The van der Waals surface area contributed by atoms with Crippen LogP contribution in [-0.2, 0) is 19.1 Å². The van der Waals surface area contributed by atoms with E-state index in [0.717, 1.165) is 0 Å². The van der Waals surface area contributed by atoms with E-state index in [1.54, 1.807) is 53.7 Å². The highest BCUT2D eigenvalue weighted by atomic mass is 16.6. The molecule has 0 saturated heterocycles. The predicted octanol–water partition coefficient (Wildman–Crippen LogP) is 3.87. The van der Waals surface area contributed by atoms with Crippen molar-refractivity contribution in [3.05, 3.63) is 23.3 Å². The van der Waals surface area contributed by atoms with Crippen LogP contribution >= 0.6 is 0 Å². The van der Waals surface area contributed by atoms with Crippen molar-refractivity contribution >= 4 is 11.9 Å². The molecule has 6 nitrogen and oxygen atoms in total. The summed E-state index contributed by atoms with van der Waals surface area (Å²) in [5.41, 5.74) is -0.276. The summed E-state index contributed by atoms with van der Waals surface area (Å²) in [7, 11) is 0. The van der Waals surface area contributed by atoms with E-state index >= 15 is 0 Å². The van der Waals surface area contributed by atoms with Crippen molar-refractivity contribution in [2.24, 2.45) is 0 Å². The van der Waals surface area contributed by atoms with Crippen molar-refractivity contribution in [3.8, 4) is 36.2 Å². The van der Waals surface area contributed by atoms with E-state index in [0.29, 0.717) is 22.6 Å². The minimum Gasteiger partial charge on any atom is -0.492 e. The lowest BCUT2D eigenvalue weighted by atomic mass is 10.1. The highest BCUT2D eigenvalue weighted by molar-refractivity contribution is 5.70. The predicted molar refractivity (Wildman–Crippen MR) is 114 cm³/mol. The molecule has 0 fully saturated rings. The van der Waals surface area contributed by atoms with Crippen LogP contribution in [0.15, 0.2) is 12.1 Å². The van der Waals surface area contributed by atoms with E-state index in [9.17, 15) is 9.59 Å². The fraction of sp³-hybridized carbons (Fsp3) is 0.500. The van der Waals surface area contributed by atoms with Gasteiger partial charge in [0.15, 0.2) is 0 Å². The van der Waals surface area contributed by atoms with E-state index < -0.39 is 11.2 Å². The summed E-state index contributed by atoms with van der Waals surface area (Å²) in [6.07, 6.45) is 11.3. The van der Waals surface area contributed by atoms with Crippen LogP contribution < -0.4 is 9.47 Å². The van der Waals surface area contributed by atoms with Crippen molar-refractivity contribution in [2.75, 3.05) is 13.2 Å². The second-order valence-electron chi connectivity index (χ2n) is 8.50. The van der Waals surface area contributed by atoms with E-state index in [4.69, 9.17) is 31.8 Å². The number of hydrogen-bond donors (Lipinski definition) is 0. The highest BCUT2D eigenvalue weighted by Crippen LogP contribution is 2.28. The SMILES string of the molecule is C#Cc1cc(OCCC(=O)OC(C)(C)C)c(C#C)cc1OCCC(=O)OC(C)(C)C. The first-order chi connectivity index (χ1) is 13.8. The molecule has 0 spiro atoms. The molecule has 6 heteroatoms. The van der Waals surface area contributed by atoms with Gasteiger partial charge in [-0.1, -0.05) is 11.8 Å². The summed E-state index contributed by atoms with van der Waals surface area (Å²) < 4.78 is 21.8. The molecule has 0 N–H and O–H groups in total. The zero-order valence-electron chi connectivity index (χ0n) is 18.6. The van der Waals surface area contributed by atoms with E-state index in [2.05, 4.69) is 11.8 Å². The Morgan fingerprint density at radius 2 is 1.10 bits per heavy atom. The van der Waals surface area contributed by atoms with Crippen molar-refractivity contribution < 1.29 is 28.5 Å². The molecule has 0 unspecified atom stereocenters. The van der Waals surface area contributed by atoms with Crippen LogP contribution in [0.2, 0.25) is 0 Å². The van der Waals surface area contributed by atoms with Crippen molar-refractivity contribution in [1.82, 2.24) is 0 Å². The molecule has 0 radical (unpaired) electrons. The second-order valence-corrected chi connectivity index (χ2v) is 8.50. The standard InChI is InChI=1S/C24H30O6/c1-9-17-15-20(28-14-12-22(26)30-24(6,7)8)18(10-2)16-19(17)27-13-11-21(25)29-23(3,4)5/h1-2,15-16H,11-14H2,3-8H3.